The van der Waals surface area contributed by atoms with Crippen LogP contribution in [0.4, 0.5) is 0 Å². The van der Waals surface area contributed by atoms with E-state index in [0.29, 0.717) is 6.42 Å². The Hall–Kier alpha value is -1.10. The molecular weight excluding hydrogens is 206 g/mol. The molecule has 1 fully saturated rings. The predicted molar refractivity (Wildman–Crippen MR) is 61.4 cm³/mol. The van der Waals surface area contributed by atoms with Crippen LogP contribution in [-0.2, 0) is 9.59 Å². The van der Waals surface area contributed by atoms with Crippen LogP contribution in [0, 0.1) is 0 Å². The van der Waals surface area contributed by atoms with Gasteiger partial charge in [-0.3, -0.25) is 9.59 Å². The van der Waals surface area contributed by atoms with Crippen molar-refractivity contribution in [2.45, 2.75) is 51.1 Å². The first kappa shape index (κ1) is 13.0. The molecule has 1 saturated heterocycles. The van der Waals surface area contributed by atoms with E-state index in [1.54, 1.807) is 4.90 Å². The molecule has 1 rings (SSSR count). The molecule has 1 aliphatic rings. The fourth-order valence-electron chi connectivity index (χ4n) is 2.17. The summed E-state index contributed by atoms with van der Waals surface area (Å²) in [6.45, 7) is 2.54. The molecule has 92 valence electrons. The van der Waals surface area contributed by atoms with Gasteiger partial charge in [0.1, 0.15) is 0 Å². The Kier molecular flexibility index (Phi) is 4.73. The van der Waals surface area contributed by atoms with Crippen LogP contribution >= 0.6 is 0 Å². The fraction of sp³-hybridized carbons (Fsp3) is 0.818. The Morgan fingerprint density at radius 3 is 2.69 bits per heavy atom. The number of nitrogens with zero attached hydrogens (tertiary/aromatic N) is 1. The highest BCUT2D eigenvalue weighted by molar-refractivity contribution is 5.79. The molecule has 0 bridgehead atoms. The van der Waals surface area contributed by atoms with Gasteiger partial charge in [-0.1, -0.05) is 0 Å². The molecule has 0 aromatic heterocycles. The number of likely N-dealkylation sites (tertiary alicyclic amines) is 1. The molecule has 16 heavy (non-hydrogen) atoms. The molecule has 1 aliphatic heterocycles. The van der Waals surface area contributed by atoms with E-state index >= 15 is 0 Å². The molecule has 0 saturated carbocycles. The monoisotopic (exact) mass is 227 g/mol. The molecule has 0 spiro atoms. The van der Waals surface area contributed by atoms with E-state index in [2.05, 4.69) is 0 Å². The lowest BCUT2D eigenvalue weighted by atomic mass is 9.98. The maximum Gasteiger partial charge on any atom is 0.224 e. The second kappa shape index (κ2) is 5.84. The van der Waals surface area contributed by atoms with E-state index in [9.17, 15) is 9.59 Å². The third-order valence-electron chi connectivity index (χ3n) is 2.88. The van der Waals surface area contributed by atoms with E-state index in [1.807, 2.05) is 6.92 Å². The largest absolute Gasteiger partial charge is 0.370 e. The summed E-state index contributed by atoms with van der Waals surface area (Å²) in [5.74, 6) is -0.300. The van der Waals surface area contributed by atoms with Crippen LogP contribution < -0.4 is 11.5 Å². The Morgan fingerprint density at radius 1 is 1.44 bits per heavy atom. The van der Waals surface area contributed by atoms with Crippen LogP contribution in [0.3, 0.4) is 0 Å². The van der Waals surface area contributed by atoms with Crippen molar-refractivity contribution >= 4 is 11.8 Å². The Balaban J connectivity index is 2.58. The third-order valence-corrected chi connectivity index (χ3v) is 2.88. The molecule has 0 aromatic rings. The first-order valence-corrected chi connectivity index (χ1v) is 5.84. The summed E-state index contributed by atoms with van der Waals surface area (Å²) < 4.78 is 0. The zero-order valence-electron chi connectivity index (χ0n) is 9.82. The second-order valence-electron chi connectivity index (χ2n) is 4.59. The fourth-order valence-corrected chi connectivity index (χ4v) is 2.17. The number of rotatable bonds is 4. The van der Waals surface area contributed by atoms with E-state index in [1.165, 1.54) is 0 Å². The molecule has 2 amide bonds. The molecular formula is C11H21N3O2. The summed E-state index contributed by atoms with van der Waals surface area (Å²) in [7, 11) is 0. The van der Waals surface area contributed by atoms with Gasteiger partial charge in [0.15, 0.2) is 0 Å². The highest BCUT2D eigenvalue weighted by atomic mass is 16.2. The van der Waals surface area contributed by atoms with Crippen LogP contribution in [0.15, 0.2) is 0 Å². The summed E-state index contributed by atoms with van der Waals surface area (Å²) in [5, 5.41) is 0. The smallest absolute Gasteiger partial charge is 0.224 e. The van der Waals surface area contributed by atoms with Crippen molar-refractivity contribution in [3.63, 3.8) is 0 Å². The van der Waals surface area contributed by atoms with Gasteiger partial charge in [0, 0.05) is 31.5 Å². The molecule has 4 N–H and O–H groups in total. The number of piperidine rings is 1. The van der Waals surface area contributed by atoms with Crippen LogP contribution in [0.25, 0.3) is 0 Å². The van der Waals surface area contributed by atoms with Crippen molar-refractivity contribution in [3.05, 3.63) is 0 Å². The van der Waals surface area contributed by atoms with Crippen LogP contribution in [0.2, 0.25) is 0 Å². The summed E-state index contributed by atoms with van der Waals surface area (Å²) in [6, 6.07) is -0.152. The second-order valence-corrected chi connectivity index (χ2v) is 4.59. The minimum atomic E-state index is -0.342. The maximum absolute atomic E-state index is 11.9. The average molecular weight is 227 g/mol. The first-order valence-electron chi connectivity index (χ1n) is 5.84. The molecule has 2 atom stereocenters. The van der Waals surface area contributed by atoms with Crippen LogP contribution in [0.1, 0.15) is 39.0 Å². The lowest BCUT2D eigenvalue weighted by Gasteiger charge is -2.35. The van der Waals surface area contributed by atoms with Crippen molar-refractivity contribution in [3.8, 4) is 0 Å². The van der Waals surface area contributed by atoms with E-state index in [-0.39, 0.29) is 30.3 Å². The Labute approximate surface area is 96.1 Å². The molecule has 1 heterocycles. The third kappa shape index (κ3) is 3.81. The number of hydrogen-bond donors (Lipinski definition) is 2. The minimum absolute atomic E-state index is 0.0162. The molecule has 0 radical (unpaired) electrons. The van der Waals surface area contributed by atoms with Gasteiger partial charge >= 0.3 is 0 Å². The van der Waals surface area contributed by atoms with Crippen molar-refractivity contribution in [2.24, 2.45) is 11.5 Å². The first-order chi connectivity index (χ1) is 7.50. The molecule has 0 aliphatic carbocycles. The molecule has 0 aromatic carbocycles. The van der Waals surface area contributed by atoms with Gasteiger partial charge in [-0.05, 0) is 26.2 Å². The number of carbonyl (C=O) groups is 2. The lowest BCUT2D eigenvalue weighted by molar-refractivity contribution is -0.136. The maximum atomic E-state index is 11.9. The van der Waals surface area contributed by atoms with Crippen LogP contribution in [0.5, 0.6) is 0 Å². The quantitative estimate of drug-likeness (QED) is 0.707. The normalized spacial score (nSPS) is 22.9. The standard InChI is InChI=1S/C11H21N3O2/c1-8(12)6-11(16)14-5-3-2-4-9(14)7-10(13)15/h8-9H,2-7,12H2,1H3,(H2,13,15). The Bertz CT molecular complexity index is 266. The van der Waals surface area contributed by atoms with Crippen molar-refractivity contribution in [1.82, 2.24) is 4.90 Å². The average Bonchev–Trinajstić information content (AvgIpc) is 2.16. The van der Waals surface area contributed by atoms with Gasteiger partial charge in [0.05, 0.1) is 0 Å². The molecule has 5 nitrogen and oxygen atoms in total. The van der Waals surface area contributed by atoms with Gasteiger partial charge in [-0.25, -0.2) is 0 Å². The highest BCUT2D eigenvalue weighted by Crippen LogP contribution is 2.20. The van der Waals surface area contributed by atoms with E-state index in [4.69, 9.17) is 11.5 Å². The van der Waals surface area contributed by atoms with Gasteiger partial charge in [-0.2, -0.15) is 0 Å². The predicted octanol–water partition coefficient (Wildman–Crippen LogP) is -0.0198. The number of nitrogens with two attached hydrogens (primary N) is 2. The molecule has 5 heteroatoms. The van der Waals surface area contributed by atoms with Crippen molar-refractivity contribution in [1.29, 1.82) is 0 Å². The van der Waals surface area contributed by atoms with Gasteiger partial charge < -0.3 is 16.4 Å². The van der Waals surface area contributed by atoms with Crippen LogP contribution in [-0.4, -0.2) is 35.3 Å². The SMILES string of the molecule is CC(N)CC(=O)N1CCCCC1CC(N)=O. The number of hydrogen-bond acceptors (Lipinski definition) is 3. The zero-order chi connectivity index (χ0) is 12.1. The van der Waals surface area contributed by atoms with E-state index < -0.39 is 0 Å². The summed E-state index contributed by atoms with van der Waals surface area (Å²) >= 11 is 0. The van der Waals surface area contributed by atoms with Gasteiger partial charge in [-0.15, -0.1) is 0 Å². The summed E-state index contributed by atoms with van der Waals surface area (Å²) in [4.78, 5) is 24.6. The summed E-state index contributed by atoms with van der Waals surface area (Å²) in [6.07, 6.45) is 3.54. The van der Waals surface area contributed by atoms with Crippen molar-refractivity contribution in [2.75, 3.05) is 6.54 Å². The van der Waals surface area contributed by atoms with Gasteiger partial charge in [0.25, 0.3) is 0 Å². The molecule has 2 unspecified atom stereocenters. The zero-order valence-corrected chi connectivity index (χ0v) is 9.82. The minimum Gasteiger partial charge on any atom is -0.370 e. The van der Waals surface area contributed by atoms with Gasteiger partial charge in [0.2, 0.25) is 11.8 Å². The number of carbonyl (C=O) groups excluding carboxylic acids is 2. The topological polar surface area (TPSA) is 89.4 Å². The highest BCUT2D eigenvalue weighted by Gasteiger charge is 2.27. The number of primary amides is 1. The van der Waals surface area contributed by atoms with Crippen molar-refractivity contribution < 1.29 is 9.59 Å². The van der Waals surface area contributed by atoms with E-state index in [0.717, 1.165) is 25.8 Å². The Morgan fingerprint density at radius 2 is 2.12 bits per heavy atom. The summed E-state index contributed by atoms with van der Waals surface area (Å²) in [5.41, 5.74) is 10.8. The lowest BCUT2D eigenvalue weighted by Crippen LogP contribution is -2.46. The number of amides is 2.